The van der Waals surface area contributed by atoms with Crippen LogP contribution in [0.15, 0.2) is 11.0 Å². The molecule has 0 radical (unpaired) electrons. The summed E-state index contributed by atoms with van der Waals surface area (Å²) in [5, 5.41) is 10.3. The van der Waals surface area contributed by atoms with Gasteiger partial charge in [0.2, 0.25) is 0 Å². The second-order valence-corrected chi connectivity index (χ2v) is 2.80. The van der Waals surface area contributed by atoms with Crippen LogP contribution in [0, 0.1) is 0 Å². The van der Waals surface area contributed by atoms with Crippen molar-refractivity contribution >= 4 is 17.7 Å². The quantitative estimate of drug-likeness (QED) is 0.684. The lowest BCUT2D eigenvalue weighted by molar-refractivity contribution is -0.136. The second-order valence-electron chi connectivity index (χ2n) is 2.09. The van der Waals surface area contributed by atoms with Crippen molar-refractivity contribution in [3.05, 3.63) is 11.0 Å². The molecule has 0 aliphatic rings. The molecule has 0 amide bonds. The normalized spacial score (nSPS) is 11.6. The summed E-state index contributed by atoms with van der Waals surface area (Å²) < 4.78 is 0. The number of carbonyl (C=O) groups is 1. The third-order valence-corrected chi connectivity index (χ3v) is 1.69. The molecule has 0 fully saturated rings. The van der Waals surface area contributed by atoms with E-state index in [-0.39, 0.29) is 6.42 Å². The maximum Gasteiger partial charge on any atom is 0.303 e. The van der Waals surface area contributed by atoms with Gasteiger partial charge in [-0.25, -0.2) is 0 Å². The molecule has 58 valence electrons. The monoisotopic (exact) mass is 160 g/mol. The van der Waals surface area contributed by atoms with E-state index in [4.69, 9.17) is 5.11 Å². The molecule has 0 atom stereocenters. The van der Waals surface area contributed by atoms with Crippen LogP contribution >= 0.6 is 11.8 Å². The number of hydrogen-bond acceptors (Lipinski definition) is 2. The van der Waals surface area contributed by atoms with Crippen LogP contribution in [0.5, 0.6) is 0 Å². The fourth-order valence-electron chi connectivity index (χ4n) is 0.564. The van der Waals surface area contributed by atoms with Crippen LogP contribution in [0.1, 0.15) is 19.8 Å². The van der Waals surface area contributed by atoms with Crippen molar-refractivity contribution in [2.75, 3.05) is 6.26 Å². The second kappa shape index (κ2) is 5.35. The molecular weight excluding hydrogens is 148 g/mol. The zero-order valence-electron chi connectivity index (χ0n) is 6.26. The van der Waals surface area contributed by atoms with Crippen LogP contribution in [-0.2, 0) is 4.79 Å². The molecule has 0 unspecified atom stereocenters. The highest BCUT2D eigenvalue weighted by molar-refractivity contribution is 8.01. The van der Waals surface area contributed by atoms with Gasteiger partial charge >= 0.3 is 5.97 Å². The predicted octanol–water partition coefficient (Wildman–Crippen LogP) is 2.12. The molecule has 1 N–H and O–H groups in total. The average molecular weight is 160 g/mol. The third kappa shape index (κ3) is 5.69. The lowest BCUT2D eigenvalue weighted by Crippen LogP contribution is -1.93. The summed E-state index contributed by atoms with van der Waals surface area (Å²) in [5.74, 6) is -0.728. The number of hydrogen-bond donors (Lipinski definition) is 1. The van der Waals surface area contributed by atoms with Gasteiger partial charge in [-0.2, -0.15) is 0 Å². The summed E-state index contributed by atoms with van der Waals surface area (Å²) in [5.41, 5.74) is 1.13. The number of carboxylic acid groups (broad SMARTS) is 1. The first-order valence-electron chi connectivity index (χ1n) is 3.07. The molecular formula is C7H12O2S. The van der Waals surface area contributed by atoms with Crippen molar-refractivity contribution in [1.82, 2.24) is 0 Å². The van der Waals surface area contributed by atoms with E-state index in [0.717, 1.165) is 5.57 Å². The van der Waals surface area contributed by atoms with E-state index in [0.29, 0.717) is 6.42 Å². The van der Waals surface area contributed by atoms with Gasteiger partial charge in [-0.1, -0.05) is 5.57 Å². The van der Waals surface area contributed by atoms with Crippen LogP contribution in [-0.4, -0.2) is 17.3 Å². The molecule has 0 aromatic carbocycles. The zero-order valence-corrected chi connectivity index (χ0v) is 7.07. The number of carboxylic acids is 1. The summed E-state index contributed by atoms with van der Waals surface area (Å²) >= 11 is 1.61. The first-order valence-corrected chi connectivity index (χ1v) is 4.36. The Morgan fingerprint density at radius 2 is 2.20 bits per heavy atom. The molecule has 0 aromatic rings. The number of rotatable bonds is 4. The van der Waals surface area contributed by atoms with E-state index in [2.05, 4.69) is 0 Å². The van der Waals surface area contributed by atoms with Crippen LogP contribution in [0.2, 0.25) is 0 Å². The van der Waals surface area contributed by atoms with Gasteiger partial charge in [-0.15, -0.1) is 11.8 Å². The minimum absolute atomic E-state index is 0.239. The van der Waals surface area contributed by atoms with E-state index < -0.39 is 5.97 Å². The molecule has 3 heteroatoms. The molecule has 0 saturated heterocycles. The molecule has 0 aliphatic carbocycles. The number of thioether (sulfide) groups is 1. The number of aliphatic carboxylic acids is 1. The van der Waals surface area contributed by atoms with Crippen molar-refractivity contribution in [3.8, 4) is 0 Å². The molecule has 0 rings (SSSR count). The summed E-state index contributed by atoms with van der Waals surface area (Å²) in [7, 11) is 0. The lowest BCUT2D eigenvalue weighted by atomic mass is 10.2. The zero-order chi connectivity index (χ0) is 7.98. The average Bonchev–Trinajstić information content (AvgIpc) is 1.85. The van der Waals surface area contributed by atoms with Gasteiger partial charge in [0, 0.05) is 6.42 Å². The molecule has 0 aliphatic heterocycles. The Hall–Kier alpha value is -0.440. The largest absolute Gasteiger partial charge is 0.481 e. The first-order chi connectivity index (χ1) is 4.66. The summed E-state index contributed by atoms with van der Waals surface area (Å²) in [6.45, 7) is 1.94. The maximum atomic E-state index is 10.1. The van der Waals surface area contributed by atoms with Crippen molar-refractivity contribution in [1.29, 1.82) is 0 Å². The SMILES string of the molecule is CS/C=C(/C)CCC(=O)O. The van der Waals surface area contributed by atoms with Crippen molar-refractivity contribution < 1.29 is 9.90 Å². The van der Waals surface area contributed by atoms with E-state index >= 15 is 0 Å². The topological polar surface area (TPSA) is 37.3 Å². The Kier molecular flexibility index (Phi) is 5.12. The van der Waals surface area contributed by atoms with Crippen molar-refractivity contribution in [2.24, 2.45) is 0 Å². The Balaban J connectivity index is 3.48. The van der Waals surface area contributed by atoms with E-state index in [1.807, 2.05) is 18.6 Å². The van der Waals surface area contributed by atoms with Gasteiger partial charge in [-0.3, -0.25) is 4.79 Å². The molecule has 10 heavy (non-hydrogen) atoms. The van der Waals surface area contributed by atoms with Gasteiger partial charge in [0.05, 0.1) is 0 Å². The molecule has 0 heterocycles. The van der Waals surface area contributed by atoms with E-state index in [1.54, 1.807) is 11.8 Å². The van der Waals surface area contributed by atoms with Crippen molar-refractivity contribution in [2.45, 2.75) is 19.8 Å². The molecule has 0 bridgehead atoms. The Morgan fingerprint density at radius 3 is 2.60 bits per heavy atom. The predicted molar refractivity (Wildman–Crippen MR) is 44.1 cm³/mol. The van der Waals surface area contributed by atoms with E-state index in [1.165, 1.54) is 0 Å². The van der Waals surface area contributed by atoms with Crippen molar-refractivity contribution in [3.63, 3.8) is 0 Å². The van der Waals surface area contributed by atoms with Gasteiger partial charge in [0.15, 0.2) is 0 Å². The van der Waals surface area contributed by atoms with Gasteiger partial charge in [0.1, 0.15) is 0 Å². The van der Waals surface area contributed by atoms with Crippen LogP contribution in [0.4, 0.5) is 0 Å². The van der Waals surface area contributed by atoms with E-state index in [9.17, 15) is 4.79 Å². The minimum atomic E-state index is -0.728. The fourth-order valence-corrected chi connectivity index (χ4v) is 1.08. The highest BCUT2D eigenvalue weighted by Crippen LogP contribution is 2.08. The van der Waals surface area contributed by atoms with Crippen LogP contribution in [0.3, 0.4) is 0 Å². The lowest BCUT2D eigenvalue weighted by Gasteiger charge is -1.94. The smallest absolute Gasteiger partial charge is 0.303 e. The first kappa shape index (κ1) is 9.56. The third-order valence-electron chi connectivity index (χ3n) is 1.05. The Labute approximate surface area is 65.3 Å². The standard InChI is InChI=1S/C7H12O2S/c1-6(5-10-2)3-4-7(8)9/h5H,3-4H2,1-2H3,(H,8,9)/b6-5-. The maximum absolute atomic E-state index is 10.1. The number of allylic oxidation sites excluding steroid dienone is 1. The summed E-state index contributed by atoms with van der Waals surface area (Å²) in [6, 6.07) is 0. The summed E-state index contributed by atoms with van der Waals surface area (Å²) in [4.78, 5) is 10.1. The Bertz CT molecular complexity index is 141. The minimum Gasteiger partial charge on any atom is -0.481 e. The molecule has 0 aromatic heterocycles. The van der Waals surface area contributed by atoms with Gasteiger partial charge in [-0.05, 0) is 25.0 Å². The molecule has 0 saturated carbocycles. The van der Waals surface area contributed by atoms with Gasteiger partial charge in [0.25, 0.3) is 0 Å². The van der Waals surface area contributed by atoms with Gasteiger partial charge < -0.3 is 5.11 Å². The Morgan fingerprint density at radius 1 is 1.60 bits per heavy atom. The highest BCUT2D eigenvalue weighted by Gasteiger charge is 1.96. The fraction of sp³-hybridized carbons (Fsp3) is 0.571. The summed E-state index contributed by atoms with van der Waals surface area (Å²) in [6.07, 6.45) is 2.86. The van der Waals surface area contributed by atoms with Crippen LogP contribution < -0.4 is 0 Å². The highest BCUT2D eigenvalue weighted by atomic mass is 32.2. The molecule has 2 nitrogen and oxygen atoms in total. The van der Waals surface area contributed by atoms with Crippen LogP contribution in [0.25, 0.3) is 0 Å². The molecule has 0 spiro atoms.